The second-order valence-electron chi connectivity index (χ2n) is 5.31. The predicted octanol–water partition coefficient (Wildman–Crippen LogP) is 0.164. The van der Waals surface area contributed by atoms with E-state index >= 15 is 0 Å². The molecule has 1 aromatic carbocycles. The van der Waals surface area contributed by atoms with Crippen LogP contribution >= 0.6 is 0 Å². The molecule has 1 saturated heterocycles. The van der Waals surface area contributed by atoms with E-state index in [1.54, 1.807) is 6.07 Å². The van der Waals surface area contributed by atoms with Crippen LogP contribution in [0, 0.1) is 0 Å². The van der Waals surface area contributed by atoms with Gasteiger partial charge < -0.3 is 19.5 Å². The van der Waals surface area contributed by atoms with Gasteiger partial charge in [0.15, 0.2) is 16.4 Å². The molecule has 0 spiro atoms. The molecule has 1 fully saturated rings. The molecule has 8 nitrogen and oxygen atoms in total. The Labute approximate surface area is 140 Å². The lowest BCUT2D eigenvalue weighted by Gasteiger charge is -2.12. The number of benzene rings is 1. The molecule has 1 amide bonds. The quantitative estimate of drug-likeness (QED) is 0.723. The van der Waals surface area contributed by atoms with Crippen molar-refractivity contribution >= 4 is 21.7 Å². The van der Waals surface area contributed by atoms with Crippen molar-refractivity contribution in [3.63, 3.8) is 0 Å². The monoisotopic (exact) mass is 357 g/mol. The van der Waals surface area contributed by atoms with Gasteiger partial charge in [0.25, 0.3) is 5.91 Å². The fraction of sp³-hybridized carbons (Fsp3) is 0.467. The van der Waals surface area contributed by atoms with Crippen molar-refractivity contribution in [3.05, 3.63) is 23.8 Å². The van der Waals surface area contributed by atoms with Crippen molar-refractivity contribution < 1.29 is 32.2 Å². The highest BCUT2D eigenvalue weighted by molar-refractivity contribution is 7.91. The molecule has 0 radical (unpaired) electrons. The van der Waals surface area contributed by atoms with Crippen LogP contribution in [0.5, 0.6) is 11.5 Å². The number of hydrogen-bond donors (Lipinski definition) is 1. The van der Waals surface area contributed by atoms with Gasteiger partial charge in [-0.05, 0) is 18.6 Å². The van der Waals surface area contributed by atoms with Crippen LogP contribution in [-0.4, -0.2) is 58.7 Å². The maximum Gasteiger partial charge on any atom is 0.342 e. The van der Waals surface area contributed by atoms with E-state index in [-0.39, 0.29) is 22.8 Å². The Balaban J connectivity index is 1.90. The molecule has 24 heavy (non-hydrogen) atoms. The lowest BCUT2D eigenvalue weighted by molar-refractivity contribution is -0.124. The molecule has 0 bridgehead atoms. The number of esters is 1. The van der Waals surface area contributed by atoms with Crippen LogP contribution in [0.1, 0.15) is 16.8 Å². The predicted molar refractivity (Wildman–Crippen MR) is 85.0 cm³/mol. The standard InChI is InChI=1S/C15H19NO7S/c1-21-11-3-4-12(13(7-11)22-2)15(18)23-8-14(17)16-10-5-6-24(19,20)9-10/h3-4,7,10H,5-6,8-9H2,1-2H3,(H,16,17)/t10-/m0/s1. The lowest BCUT2D eigenvalue weighted by Crippen LogP contribution is -2.38. The van der Waals surface area contributed by atoms with Gasteiger partial charge in [-0.25, -0.2) is 13.2 Å². The first kappa shape index (κ1) is 18.1. The molecule has 1 heterocycles. The Morgan fingerprint density at radius 3 is 2.58 bits per heavy atom. The second-order valence-corrected chi connectivity index (χ2v) is 7.54. The number of ether oxygens (including phenoxy) is 3. The summed E-state index contributed by atoms with van der Waals surface area (Å²) < 4.78 is 37.8. The number of methoxy groups -OCH3 is 2. The number of amides is 1. The Bertz CT molecular complexity index is 729. The van der Waals surface area contributed by atoms with Crippen LogP contribution in [0.4, 0.5) is 0 Å². The van der Waals surface area contributed by atoms with Gasteiger partial charge in [-0.3, -0.25) is 4.79 Å². The Hall–Kier alpha value is -2.29. The second kappa shape index (κ2) is 7.52. The van der Waals surface area contributed by atoms with Crippen molar-refractivity contribution in [2.45, 2.75) is 12.5 Å². The smallest absolute Gasteiger partial charge is 0.342 e. The van der Waals surface area contributed by atoms with Crippen LogP contribution in [0.15, 0.2) is 18.2 Å². The number of hydrogen-bond acceptors (Lipinski definition) is 7. The van der Waals surface area contributed by atoms with Crippen LogP contribution in [-0.2, 0) is 19.4 Å². The van der Waals surface area contributed by atoms with E-state index in [0.29, 0.717) is 12.2 Å². The van der Waals surface area contributed by atoms with Crippen molar-refractivity contribution in [2.75, 3.05) is 32.3 Å². The van der Waals surface area contributed by atoms with E-state index < -0.39 is 34.4 Å². The SMILES string of the molecule is COc1ccc(C(=O)OCC(=O)N[C@H]2CCS(=O)(=O)C2)c(OC)c1. The molecular weight excluding hydrogens is 338 g/mol. The summed E-state index contributed by atoms with van der Waals surface area (Å²) in [7, 11) is -0.194. The maximum atomic E-state index is 12.0. The fourth-order valence-electron chi connectivity index (χ4n) is 2.35. The highest BCUT2D eigenvalue weighted by Gasteiger charge is 2.29. The number of rotatable bonds is 6. The molecule has 1 aromatic rings. The zero-order valence-electron chi connectivity index (χ0n) is 13.4. The number of sulfone groups is 1. The zero-order valence-corrected chi connectivity index (χ0v) is 14.2. The van der Waals surface area contributed by atoms with Gasteiger partial charge in [0.2, 0.25) is 0 Å². The minimum Gasteiger partial charge on any atom is -0.497 e. The van der Waals surface area contributed by atoms with Crippen LogP contribution in [0.2, 0.25) is 0 Å². The van der Waals surface area contributed by atoms with Gasteiger partial charge in [-0.1, -0.05) is 0 Å². The van der Waals surface area contributed by atoms with Gasteiger partial charge in [0.05, 0.1) is 25.7 Å². The summed E-state index contributed by atoms with van der Waals surface area (Å²) in [4.78, 5) is 23.8. The average Bonchev–Trinajstić information content (AvgIpc) is 2.90. The van der Waals surface area contributed by atoms with Gasteiger partial charge in [0, 0.05) is 12.1 Å². The van der Waals surface area contributed by atoms with Crippen LogP contribution in [0.3, 0.4) is 0 Å². The maximum absolute atomic E-state index is 12.0. The van der Waals surface area contributed by atoms with Crippen molar-refractivity contribution in [1.82, 2.24) is 5.32 Å². The van der Waals surface area contributed by atoms with Crippen LogP contribution in [0.25, 0.3) is 0 Å². The topological polar surface area (TPSA) is 108 Å². The molecule has 0 aliphatic carbocycles. The summed E-state index contributed by atoms with van der Waals surface area (Å²) in [5, 5.41) is 2.54. The minimum atomic E-state index is -3.08. The minimum absolute atomic E-state index is 0.0563. The third-order valence-electron chi connectivity index (χ3n) is 3.56. The molecule has 2 rings (SSSR count). The normalized spacial score (nSPS) is 18.7. The summed E-state index contributed by atoms with van der Waals surface area (Å²) in [6, 6.07) is 4.14. The Morgan fingerprint density at radius 1 is 1.25 bits per heavy atom. The number of nitrogens with one attached hydrogen (secondary N) is 1. The van der Waals surface area contributed by atoms with Crippen molar-refractivity contribution in [3.8, 4) is 11.5 Å². The molecule has 0 aromatic heterocycles. The summed E-state index contributed by atoms with van der Waals surface area (Å²) in [6.07, 6.45) is 0.369. The van der Waals surface area contributed by atoms with Gasteiger partial charge in [0.1, 0.15) is 17.1 Å². The first-order chi connectivity index (χ1) is 11.3. The lowest BCUT2D eigenvalue weighted by atomic mass is 10.2. The molecule has 1 atom stereocenters. The first-order valence-electron chi connectivity index (χ1n) is 7.23. The first-order valence-corrected chi connectivity index (χ1v) is 9.05. The van der Waals surface area contributed by atoms with E-state index in [0.717, 1.165) is 0 Å². The van der Waals surface area contributed by atoms with E-state index in [4.69, 9.17) is 14.2 Å². The van der Waals surface area contributed by atoms with E-state index in [9.17, 15) is 18.0 Å². The molecule has 1 aliphatic heterocycles. The van der Waals surface area contributed by atoms with Crippen molar-refractivity contribution in [1.29, 1.82) is 0 Å². The summed E-state index contributed by atoms with van der Waals surface area (Å²) in [6.45, 7) is -0.495. The Kier molecular flexibility index (Phi) is 5.66. The molecule has 132 valence electrons. The zero-order chi connectivity index (χ0) is 17.7. The van der Waals surface area contributed by atoms with E-state index in [2.05, 4.69) is 5.32 Å². The fourth-order valence-corrected chi connectivity index (χ4v) is 4.03. The third kappa shape index (κ3) is 4.60. The highest BCUT2D eigenvalue weighted by Crippen LogP contribution is 2.25. The number of carbonyl (C=O) groups excluding carboxylic acids is 2. The molecule has 1 aliphatic rings. The molecule has 1 N–H and O–H groups in total. The summed E-state index contributed by atoms with van der Waals surface area (Å²) >= 11 is 0. The average molecular weight is 357 g/mol. The van der Waals surface area contributed by atoms with E-state index in [1.807, 2.05) is 0 Å². The Morgan fingerprint density at radius 2 is 2.00 bits per heavy atom. The van der Waals surface area contributed by atoms with Crippen LogP contribution < -0.4 is 14.8 Å². The van der Waals surface area contributed by atoms with Gasteiger partial charge in [-0.15, -0.1) is 0 Å². The highest BCUT2D eigenvalue weighted by atomic mass is 32.2. The third-order valence-corrected chi connectivity index (χ3v) is 5.33. The van der Waals surface area contributed by atoms with E-state index in [1.165, 1.54) is 26.4 Å². The number of carbonyl (C=O) groups is 2. The van der Waals surface area contributed by atoms with Gasteiger partial charge >= 0.3 is 5.97 Å². The molecular formula is C15H19NO7S. The van der Waals surface area contributed by atoms with Crippen molar-refractivity contribution in [2.24, 2.45) is 0 Å². The molecule has 0 saturated carbocycles. The molecule has 0 unspecified atom stereocenters. The largest absolute Gasteiger partial charge is 0.497 e. The summed E-state index contributed by atoms with van der Waals surface area (Å²) in [5.41, 5.74) is 0.162. The summed E-state index contributed by atoms with van der Waals surface area (Å²) in [5.74, 6) is -0.508. The molecule has 9 heteroatoms. The van der Waals surface area contributed by atoms with Gasteiger partial charge in [-0.2, -0.15) is 0 Å².